The van der Waals surface area contributed by atoms with Gasteiger partial charge in [0.15, 0.2) is 0 Å². The Bertz CT molecular complexity index is 154. The van der Waals surface area contributed by atoms with Crippen molar-refractivity contribution in [2.45, 2.75) is 38.5 Å². The molecule has 0 aromatic rings. The van der Waals surface area contributed by atoms with Gasteiger partial charge in [0.2, 0.25) is 0 Å². The van der Waals surface area contributed by atoms with Crippen LogP contribution in [0.4, 0.5) is 0 Å². The van der Waals surface area contributed by atoms with Crippen LogP contribution in [0.3, 0.4) is 0 Å². The molecule has 4 nitrogen and oxygen atoms in total. The third kappa shape index (κ3) is 2.79. The lowest BCUT2D eigenvalue weighted by Gasteiger charge is -2.25. The number of carboxylic acids is 1. The molecule has 70 valence electrons. The van der Waals surface area contributed by atoms with Crippen LogP contribution >= 0.6 is 0 Å². The molecule has 1 saturated heterocycles. The zero-order valence-electron chi connectivity index (χ0n) is 7.25. The summed E-state index contributed by atoms with van der Waals surface area (Å²) in [5.74, 6) is -0.829. The number of carboxylic acid groups (broad SMARTS) is 1. The maximum Gasteiger partial charge on any atom is 0.320 e. The van der Waals surface area contributed by atoms with Crippen molar-refractivity contribution in [3.05, 3.63) is 0 Å². The van der Waals surface area contributed by atoms with Gasteiger partial charge in [0.05, 0.1) is 0 Å². The minimum atomic E-state index is -0.829. The Morgan fingerprint density at radius 3 is 2.92 bits per heavy atom. The Morgan fingerprint density at radius 1 is 1.67 bits per heavy atom. The van der Waals surface area contributed by atoms with Gasteiger partial charge in [-0.3, -0.25) is 10.1 Å². The summed E-state index contributed by atoms with van der Waals surface area (Å²) in [5.41, 5.74) is 0. The molecule has 4 heteroatoms. The van der Waals surface area contributed by atoms with Gasteiger partial charge in [-0.2, -0.15) is 0 Å². The third-order valence-corrected chi connectivity index (χ3v) is 1.99. The first-order chi connectivity index (χ1) is 5.70. The molecular weight excluding hydrogens is 158 g/mol. The zero-order chi connectivity index (χ0) is 8.97. The topological polar surface area (TPSA) is 58.6 Å². The van der Waals surface area contributed by atoms with Crippen LogP contribution in [0.2, 0.25) is 0 Å². The van der Waals surface area contributed by atoms with Gasteiger partial charge in [0.1, 0.15) is 12.3 Å². The van der Waals surface area contributed by atoms with Gasteiger partial charge < -0.3 is 9.84 Å². The second kappa shape index (κ2) is 4.42. The van der Waals surface area contributed by atoms with Crippen molar-refractivity contribution in [3.63, 3.8) is 0 Å². The van der Waals surface area contributed by atoms with E-state index < -0.39 is 12.0 Å². The Morgan fingerprint density at radius 2 is 2.42 bits per heavy atom. The second-order valence-corrected chi connectivity index (χ2v) is 3.08. The molecule has 12 heavy (non-hydrogen) atoms. The summed E-state index contributed by atoms with van der Waals surface area (Å²) in [4.78, 5) is 10.5. The molecule has 2 atom stereocenters. The highest BCUT2D eigenvalue weighted by molar-refractivity contribution is 5.72. The molecular formula is C8H15NO3. The first kappa shape index (κ1) is 9.48. The van der Waals surface area contributed by atoms with Crippen molar-refractivity contribution in [2.24, 2.45) is 0 Å². The molecule has 0 spiro atoms. The monoisotopic (exact) mass is 173 g/mol. The summed E-state index contributed by atoms with van der Waals surface area (Å²) in [6.07, 6.45) is 3.05. The summed E-state index contributed by atoms with van der Waals surface area (Å²) in [6, 6.07) is -0.520. The van der Waals surface area contributed by atoms with E-state index in [4.69, 9.17) is 9.84 Å². The van der Waals surface area contributed by atoms with E-state index in [1.807, 2.05) is 0 Å². The SMILES string of the molecule is C[C@@H](NC1CCCCO1)C(=O)O. The standard InChI is InChI=1S/C8H15NO3/c1-6(8(10)11)9-7-4-2-3-5-12-7/h6-7,9H,2-5H2,1H3,(H,10,11)/t6-,7?/m1/s1. The highest BCUT2D eigenvalue weighted by Gasteiger charge is 2.18. The number of rotatable bonds is 3. The van der Waals surface area contributed by atoms with Gasteiger partial charge in [0, 0.05) is 6.61 Å². The maximum absolute atomic E-state index is 10.5. The number of nitrogens with one attached hydrogen (secondary N) is 1. The van der Waals surface area contributed by atoms with Crippen LogP contribution in [0.5, 0.6) is 0 Å². The van der Waals surface area contributed by atoms with Crippen LogP contribution in [0.1, 0.15) is 26.2 Å². The Kier molecular flexibility index (Phi) is 3.49. The average molecular weight is 173 g/mol. The van der Waals surface area contributed by atoms with E-state index in [2.05, 4.69) is 5.32 Å². The average Bonchev–Trinajstić information content (AvgIpc) is 2.06. The van der Waals surface area contributed by atoms with Gasteiger partial charge in [-0.15, -0.1) is 0 Å². The lowest BCUT2D eigenvalue weighted by Crippen LogP contribution is -2.44. The molecule has 0 aromatic carbocycles. The van der Waals surface area contributed by atoms with E-state index in [1.54, 1.807) is 6.92 Å². The summed E-state index contributed by atoms with van der Waals surface area (Å²) < 4.78 is 5.32. The summed E-state index contributed by atoms with van der Waals surface area (Å²) >= 11 is 0. The van der Waals surface area contributed by atoms with Crippen LogP contribution < -0.4 is 5.32 Å². The molecule has 0 bridgehead atoms. The number of hydrogen-bond donors (Lipinski definition) is 2. The normalized spacial score (nSPS) is 26.6. The van der Waals surface area contributed by atoms with E-state index in [1.165, 1.54) is 0 Å². The third-order valence-electron chi connectivity index (χ3n) is 1.99. The van der Waals surface area contributed by atoms with Gasteiger partial charge >= 0.3 is 5.97 Å². The number of ether oxygens (including phenoxy) is 1. The van der Waals surface area contributed by atoms with Crippen molar-refractivity contribution < 1.29 is 14.6 Å². The molecule has 0 aliphatic carbocycles. The number of carbonyl (C=O) groups is 1. The van der Waals surface area contributed by atoms with Crippen LogP contribution in [-0.4, -0.2) is 30.0 Å². The van der Waals surface area contributed by atoms with Gasteiger partial charge in [0.25, 0.3) is 0 Å². The van der Waals surface area contributed by atoms with E-state index in [-0.39, 0.29) is 6.23 Å². The largest absolute Gasteiger partial charge is 0.480 e. The highest BCUT2D eigenvalue weighted by atomic mass is 16.5. The molecule has 0 aromatic heterocycles. The van der Waals surface area contributed by atoms with E-state index in [0.29, 0.717) is 0 Å². The summed E-state index contributed by atoms with van der Waals surface area (Å²) in [7, 11) is 0. The molecule has 1 unspecified atom stereocenters. The smallest absolute Gasteiger partial charge is 0.320 e. The van der Waals surface area contributed by atoms with E-state index in [0.717, 1.165) is 25.9 Å². The minimum absolute atomic E-state index is 0.0650. The Labute approximate surface area is 71.9 Å². The zero-order valence-corrected chi connectivity index (χ0v) is 7.25. The van der Waals surface area contributed by atoms with Crippen LogP contribution in [0.25, 0.3) is 0 Å². The van der Waals surface area contributed by atoms with Crippen LogP contribution in [0.15, 0.2) is 0 Å². The summed E-state index contributed by atoms with van der Waals surface area (Å²) in [5, 5.41) is 11.5. The van der Waals surface area contributed by atoms with Crippen LogP contribution in [0, 0.1) is 0 Å². The fourth-order valence-corrected chi connectivity index (χ4v) is 1.22. The second-order valence-electron chi connectivity index (χ2n) is 3.08. The number of hydrogen-bond acceptors (Lipinski definition) is 3. The van der Waals surface area contributed by atoms with Crippen LogP contribution in [-0.2, 0) is 9.53 Å². The quantitative estimate of drug-likeness (QED) is 0.655. The van der Waals surface area contributed by atoms with Crippen molar-refractivity contribution in [3.8, 4) is 0 Å². The molecule has 1 rings (SSSR count). The molecule has 1 aliphatic rings. The minimum Gasteiger partial charge on any atom is -0.480 e. The molecule has 0 amide bonds. The van der Waals surface area contributed by atoms with Crippen molar-refractivity contribution in [1.29, 1.82) is 0 Å². The van der Waals surface area contributed by atoms with Gasteiger partial charge in [-0.1, -0.05) is 0 Å². The lowest BCUT2D eigenvalue weighted by molar-refractivity contribution is -0.140. The molecule has 1 heterocycles. The van der Waals surface area contributed by atoms with Crippen molar-refractivity contribution >= 4 is 5.97 Å². The van der Waals surface area contributed by atoms with Gasteiger partial charge in [-0.25, -0.2) is 0 Å². The predicted octanol–water partition coefficient (Wildman–Crippen LogP) is 0.576. The highest BCUT2D eigenvalue weighted by Crippen LogP contribution is 2.10. The fourth-order valence-electron chi connectivity index (χ4n) is 1.22. The first-order valence-corrected chi connectivity index (χ1v) is 4.30. The Balaban J connectivity index is 2.24. The number of aliphatic carboxylic acids is 1. The lowest BCUT2D eigenvalue weighted by atomic mass is 10.2. The molecule has 1 aliphatic heterocycles. The molecule has 0 radical (unpaired) electrons. The molecule has 0 saturated carbocycles. The molecule has 1 fully saturated rings. The maximum atomic E-state index is 10.5. The van der Waals surface area contributed by atoms with E-state index >= 15 is 0 Å². The Hall–Kier alpha value is -0.610. The molecule has 2 N–H and O–H groups in total. The predicted molar refractivity (Wildman–Crippen MR) is 43.8 cm³/mol. The van der Waals surface area contributed by atoms with E-state index in [9.17, 15) is 4.79 Å². The van der Waals surface area contributed by atoms with Crippen molar-refractivity contribution in [1.82, 2.24) is 5.32 Å². The first-order valence-electron chi connectivity index (χ1n) is 4.30. The van der Waals surface area contributed by atoms with Gasteiger partial charge in [-0.05, 0) is 26.2 Å². The summed E-state index contributed by atoms with van der Waals surface area (Å²) in [6.45, 7) is 2.37. The fraction of sp³-hybridized carbons (Fsp3) is 0.875. The van der Waals surface area contributed by atoms with Crippen molar-refractivity contribution in [2.75, 3.05) is 6.61 Å².